The highest BCUT2D eigenvalue weighted by Crippen LogP contribution is 2.39. The molecule has 4 aliphatic heterocycles. The van der Waals surface area contributed by atoms with Gasteiger partial charge in [-0.05, 0) is 19.8 Å². The Labute approximate surface area is 365 Å². The molecule has 4 aliphatic rings. The molecule has 4 rings (SSSR count). The molecule has 0 aliphatic carbocycles. The maximum absolute atomic E-state index is 13.0. The van der Waals surface area contributed by atoms with E-state index in [0.717, 1.165) is 13.8 Å². The Morgan fingerprint density at radius 3 is 1.88 bits per heavy atom. The number of carboxylic acids is 2. The molecule has 0 unspecified atom stereocenters. The highest BCUT2D eigenvalue weighted by Gasteiger charge is 2.61. The predicted octanol–water partition coefficient (Wildman–Crippen LogP) is -7.56. The van der Waals surface area contributed by atoms with Crippen LogP contribution in [0.2, 0.25) is 0 Å². The van der Waals surface area contributed by atoms with Crippen molar-refractivity contribution in [2.75, 3.05) is 26.4 Å². The molecule has 2 amide bonds. The van der Waals surface area contributed by atoms with Crippen LogP contribution in [0.1, 0.15) is 52.9 Å². The van der Waals surface area contributed by atoms with Gasteiger partial charge in [-0.25, -0.2) is 4.79 Å². The first-order valence-electron chi connectivity index (χ1n) is 20.6. The Morgan fingerprint density at radius 1 is 0.703 bits per heavy atom. The van der Waals surface area contributed by atoms with Crippen molar-refractivity contribution in [3.63, 3.8) is 0 Å². The molecule has 4 saturated heterocycles. The van der Waals surface area contributed by atoms with Gasteiger partial charge in [0.05, 0.1) is 38.1 Å². The number of carbonyl (C=O) groups excluding carboxylic acids is 2. The summed E-state index contributed by atoms with van der Waals surface area (Å²) in [7, 11) is 0. The molecule has 4 fully saturated rings. The lowest BCUT2D eigenvalue weighted by atomic mass is 9.88. The maximum Gasteiger partial charge on any atom is 0.364 e. The molecule has 4 heterocycles. The summed E-state index contributed by atoms with van der Waals surface area (Å²) in [6.07, 6.45) is -33.9. The zero-order valence-electron chi connectivity index (χ0n) is 35.1. The molecule has 15 N–H and O–H groups in total. The second-order valence-corrected chi connectivity index (χ2v) is 16.1. The maximum atomic E-state index is 13.0. The van der Waals surface area contributed by atoms with Gasteiger partial charge in [-0.15, -0.1) is 0 Å². The Balaban J connectivity index is 1.72. The first-order valence-corrected chi connectivity index (χ1v) is 20.6. The summed E-state index contributed by atoms with van der Waals surface area (Å²) in [4.78, 5) is 48.6. The lowest BCUT2D eigenvalue weighted by Crippen LogP contribution is -2.71. The fourth-order valence-electron chi connectivity index (χ4n) is 7.87. The zero-order chi connectivity index (χ0) is 47.8. The Kier molecular flexibility index (Phi) is 19.9. The van der Waals surface area contributed by atoms with Gasteiger partial charge in [0, 0.05) is 33.3 Å². The zero-order valence-corrected chi connectivity index (χ0v) is 35.1. The number of unbranched alkanes of at least 4 members (excludes halogenated alkanes) is 2. The summed E-state index contributed by atoms with van der Waals surface area (Å²) in [6, 6.07) is -3.09. The van der Waals surface area contributed by atoms with Gasteiger partial charge < -0.3 is 115 Å². The smallest absolute Gasteiger partial charge is 0.364 e. The first kappa shape index (κ1) is 53.7. The highest BCUT2D eigenvalue weighted by atomic mass is 16.8. The average Bonchev–Trinajstić information content (AvgIpc) is 3.23. The van der Waals surface area contributed by atoms with Crippen LogP contribution in [0.15, 0.2) is 0 Å². The molecule has 0 spiro atoms. The van der Waals surface area contributed by atoms with Crippen LogP contribution in [-0.4, -0.2) is 245 Å². The Bertz CT molecular complexity index is 1530. The van der Waals surface area contributed by atoms with E-state index in [1.54, 1.807) is 0 Å². The third-order valence-electron chi connectivity index (χ3n) is 11.2. The minimum absolute atomic E-state index is 0.0920. The van der Waals surface area contributed by atoms with Gasteiger partial charge in [0.1, 0.15) is 85.4 Å². The number of hydrogen-bond acceptors (Lipinski definition) is 23. The topological polar surface area (TPSA) is 429 Å². The number of aliphatic hydroxyl groups excluding tert-OH is 11. The third-order valence-corrected chi connectivity index (χ3v) is 11.2. The van der Waals surface area contributed by atoms with Crippen LogP contribution < -0.4 is 10.6 Å². The molecule has 0 aromatic rings. The quantitative estimate of drug-likeness (QED) is 0.0475. The largest absolute Gasteiger partial charge is 0.481 e. The number of carboxylic acid groups (broad SMARTS) is 2. The number of ether oxygens (including phenoxy) is 8. The van der Waals surface area contributed by atoms with Crippen molar-refractivity contribution >= 4 is 23.8 Å². The van der Waals surface area contributed by atoms with E-state index in [2.05, 4.69) is 10.6 Å². The van der Waals surface area contributed by atoms with Crippen molar-refractivity contribution in [1.29, 1.82) is 0 Å². The summed E-state index contributed by atoms with van der Waals surface area (Å²) < 4.78 is 46.9. The fourth-order valence-corrected chi connectivity index (χ4v) is 7.87. The van der Waals surface area contributed by atoms with E-state index in [1.807, 2.05) is 0 Å². The number of amides is 2. The van der Waals surface area contributed by atoms with Crippen LogP contribution in [-0.2, 0) is 57.1 Å². The van der Waals surface area contributed by atoms with E-state index >= 15 is 0 Å². The van der Waals surface area contributed by atoms with Gasteiger partial charge >= 0.3 is 11.9 Å². The summed E-state index contributed by atoms with van der Waals surface area (Å²) >= 11 is 0. The summed E-state index contributed by atoms with van der Waals surface area (Å²) in [5.41, 5.74) is 0. The molecule has 0 saturated carbocycles. The standard InChI is InChI=1S/C37H62N2O25/c1-13-23(49)26(52)27(53)34(58-13)62-31-22(39-15(3)44)33(57-8-6-4-5-7-20(47)48)60-19(12-42)29(31)61-35-28(54)32(25(51)18(11-41)59-35)64-37(36(55)56)9-16(45)21(38-14(2)43)30(63-37)24(50)17(46)10-40/h13,16-19,21-35,40-42,45-46,49-54H,4-12H2,1-3H3,(H,38,43)(H,39,44)(H,47,48)(H,55,56)/t13-,16-,17+,18+,19+,21+,22+,23+,24+,25-,26+,27-,28+,29+,30+,31+,32-,33+,34-,35+,37+/m0/s1. The van der Waals surface area contributed by atoms with E-state index < -0.39 is 178 Å². The van der Waals surface area contributed by atoms with Crippen LogP contribution in [0.4, 0.5) is 0 Å². The van der Waals surface area contributed by atoms with Crippen molar-refractivity contribution in [3.8, 4) is 0 Å². The number of carbonyl (C=O) groups is 4. The molecule has 0 radical (unpaired) electrons. The number of nitrogens with one attached hydrogen (secondary N) is 2. The summed E-state index contributed by atoms with van der Waals surface area (Å²) in [6.45, 7) is 0.267. The summed E-state index contributed by atoms with van der Waals surface area (Å²) in [5, 5.41) is 142. The van der Waals surface area contributed by atoms with E-state index in [-0.39, 0.29) is 13.0 Å². The predicted molar refractivity (Wildman–Crippen MR) is 203 cm³/mol. The minimum Gasteiger partial charge on any atom is -0.481 e. The van der Waals surface area contributed by atoms with Gasteiger partial charge in [0.2, 0.25) is 11.8 Å². The lowest BCUT2D eigenvalue weighted by molar-refractivity contribution is -0.391. The van der Waals surface area contributed by atoms with E-state index in [4.69, 9.17) is 43.0 Å². The molecule has 0 aromatic carbocycles. The fraction of sp³-hybridized carbons (Fsp3) is 0.892. The van der Waals surface area contributed by atoms with Crippen LogP contribution >= 0.6 is 0 Å². The highest BCUT2D eigenvalue weighted by molar-refractivity contribution is 5.76. The SMILES string of the molecule is CC(=O)N[C@H]1[C@H](OCCCCCC(=O)O)O[C@H](CO)[C@@H](O[C@H]2O[C@H](CO)[C@H](O)[C@H](O[C@@]3(C(=O)O)C[C@H](O)[C@@H](NC(C)=O)[C@H]([C@H](O)[C@H](O)CO)O3)[C@H]2O)[C@@H]1O[C@@H]1O[C@@H](C)[C@@H](O)[C@@H](O)[C@@H]1O. The van der Waals surface area contributed by atoms with Crippen LogP contribution in [0.3, 0.4) is 0 Å². The average molecular weight is 935 g/mol. The van der Waals surface area contributed by atoms with Crippen molar-refractivity contribution in [1.82, 2.24) is 10.6 Å². The Hall–Kier alpha value is -2.88. The van der Waals surface area contributed by atoms with Gasteiger partial charge in [0.15, 0.2) is 18.9 Å². The molecular formula is C37H62N2O25. The number of aliphatic carboxylic acids is 2. The van der Waals surface area contributed by atoms with Crippen LogP contribution in [0, 0.1) is 0 Å². The van der Waals surface area contributed by atoms with Crippen molar-refractivity contribution in [3.05, 3.63) is 0 Å². The molecular weight excluding hydrogens is 872 g/mol. The number of rotatable bonds is 21. The monoisotopic (exact) mass is 934 g/mol. The van der Waals surface area contributed by atoms with Gasteiger partial charge in [-0.3, -0.25) is 14.4 Å². The normalized spacial score (nSPS) is 41.4. The molecule has 21 atom stereocenters. The van der Waals surface area contributed by atoms with E-state index in [1.165, 1.54) is 6.92 Å². The van der Waals surface area contributed by atoms with Crippen LogP contribution in [0.5, 0.6) is 0 Å². The minimum atomic E-state index is -3.14. The van der Waals surface area contributed by atoms with Crippen LogP contribution in [0.25, 0.3) is 0 Å². The number of hydrogen-bond donors (Lipinski definition) is 15. The molecule has 370 valence electrons. The van der Waals surface area contributed by atoms with Crippen molar-refractivity contribution in [2.24, 2.45) is 0 Å². The van der Waals surface area contributed by atoms with Gasteiger partial charge in [-0.2, -0.15) is 0 Å². The first-order chi connectivity index (χ1) is 30.1. The van der Waals surface area contributed by atoms with Crippen molar-refractivity contribution in [2.45, 2.75) is 181 Å². The van der Waals surface area contributed by atoms with Gasteiger partial charge in [0.25, 0.3) is 5.79 Å². The molecule has 27 nitrogen and oxygen atoms in total. The van der Waals surface area contributed by atoms with Gasteiger partial charge in [-0.1, -0.05) is 6.42 Å². The Morgan fingerprint density at radius 2 is 1.30 bits per heavy atom. The third kappa shape index (κ3) is 12.8. The second-order valence-electron chi connectivity index (χ2n) is 16.1. The second kappa shape index (κ2) is 23.7. The molecule has 0 bridgehead atoms. The summed E-state index contributed by atoms with van der Waals surface area (Å²) in [5.74, 6) is -7.68. The van der Waals surface area contributed by atoms with E-state index in [9.17, 15) is 80.5 Å². The number of aliphatic hydroxyl groups is 11. The lowest BCUT2D eigenvalue weighted by Gasteiger charge is -2.51. The van der Waals surface area contributed by atoms with E-state index in [0.29, 0.717) is 19.3 Å². The molecule has 64 heavy (non-hydrogen) atoms. The molecule has 27 heteroatoms. The molecule has 0 aromatic heterocycles. The van der Waals surface area contributed by atoms with Crippen molar-refractivity contribution < 1.29 is 123 Å².